The first kappa shape index (κ1) is 18.0. The van der Waals surface area contributed by atoms with Crippen molar-refractivity contribution in [2.24, 2.45) is 0 Å². The number of carbonyl (C=O) groups excluding carboxylic acids is 1. The van der Waals surface area contributed by atoms with E-state index in [-0.39, 0.29) is 17.2 Å². The van der Waals surface area contributed by atoms with Crippen molar-refractivity contribution in [1.82, 2.24) is 14.7 Å². The predicted octanol–water partition coefficient (Wildman–Crippen LogP) is 1.71. The molecule has 0 spiro atoms. The largest absolute Gasteiger partial charge is 0.506 e. The van der Waals surface area contributed by atoms with Crippen LogP contribution < -0.4 is 10.5 Å². The van der Waals surface area contributed by atoms with Crippen molar-refractivity contribution in [2.75, 3.05) is 31.1 Å². The number of phenols is 1. The second kappa shape index (κ2) is 8.03. The Morgan fingerprint density at radius 3 is 2.54 bits per heavy atom. The van der Waals surface area contributed by atoms with Crippen LogP contribution in [0.15, 0.2) is 41.2 Å². The average molecular weight is 356 g/mol. The molecule has 2 heterocycles. The molecule has 7 nitrogen and oxygen atoms in total. The van der Waals surface area contributed by atoms with Gasteiger partial charge < -0.3 is 14.9 Å². The number of benzene rings is 1. The number of aromatic nitrogens is 2. The van der Waals surface area contributed by atoms with Crippen molar-refractivity contribution in [1.29, 1.82) is 0 Å². The summed E-state index contributed by atoms with van der Waals surface area (Å²) >= 11 is 0. The summed E-state index contributed by atoms with van der Waals surface area (Å²) < 4.78 is 1.37. The average Bonchev–Trinajstić information content (AvgIpc) is 2.67. The molecule has 0 unspecified atom stereocenters. The number of rotatable bonds is 5. The van der Waals surface area contributed by atoms with Gasteiger partial charge in [-0.3, -0.25) is 9.59 Å². The summed E-state index contributed by atoms with van der Waals surface area (Å²) in [4.78, 5) is 28.4. The Hall–Kier alpha value is -2.83. The second-order valence-electron chi connectivity index (χ2n) is 6.40. The van der Waals surface area contributed by atoms with Crippen LogP contribution in [0.4, 0.5) is 5.69 Å². The van der Waals surface area contributed by atoms with Gasteiger partial charge in [-0.1, -0.05) is 25.5 Å². The number of para-hydroxylation sites is 2. The maximum absolute atomic E-state index is 12.7. The van der Waals surface area contributed by atoms with Crippen molar-refractivity contribution in [3.63, 3.8) is 0 Å². The zero-order valence-corrected chi connectivity index (χ0v) is 15.0. The number of anilines is 1. The summed E-state index contributed by atoms with van der Waals surface area (Å²) in [6.45, 7) is 4.94. The summed E-state index contributed by atoms with van der Waals surface area (Å²) in [7, 11) is 0. The van der Waals surface area contributed by atoms with E-state index in [4.69, 9.17) is 0 Å². The van der Waals surface area contributed by atoms with Gasteiger partial charge in [-0.2, -0.15) is 5.10 Å². The Bertz CT molecular complexity index is 826. The number of carbonyl (C=O) groups is 1. The molecule has 138 valence electrons. The van der Waals surface area contributed by atoms with Gasteiger partial charge >= 0.3 is 0 Å². The Morgan fingerprint density at radius 1 is 1.12 bits per heavy atom. The molecule has 1 aromatic carbocycles. The first-order valence-electron chi connectivity index (χ1n) is 9.00. The lowest BCUT2D eigenvalue weighted by atomic mass is 10.2. The fourth-order valence-corrected chi connectivity index (χ4v) is 3.08. The highest BCUT2D eigenvalue weighted by Crippen LogP contribution is 2.27. The minimum absolute atomic E-state index is 0.160. The highest BCUT2D eigenvalue weighted by atomic mass is 16.3. The summed E-state index contributed by atoms with van der Waals surface area (Å²) in [6.07, 6.45) is 1.81. The third kappa shape index (κ3) is 3.87. The van der Waals surface area contributed by atoms with E-state index in [0.717, 1.165) is 18.5 Å². The van der Waals surface area contributed by atoms with Crippen molar-refractivity contribution in [2.45, 2.75) is 26.3 Å². The van der Waals surface area contributed by atoms with Crippen LogP contribution in [0.25, 0.3) is 0 Å². The predicted molar refractivity (Wildman–Crippen MR) is 99.6 cm³/mol. The normalized spacial score (nSPS) is 14.5. The fourth-order valence-electron chi connectivity index (χ4n) is 3.08. The zero-order chi connectivity index (χ0) is 18.5. The van der Waals surface area contributed by atoms with Crippen molar-refractivity contribution < 1.29 is 9.90 Å². The Labute approximate surface area is 152 Å². The second-order valence-corrected chi connectivity index (χ2v) is 6.40. The quantitative estimate of drug-likeness (QED) is 0.882. The smallest absolute Gasteiger partial charge is 0.274 e. The number of nitrogens with zero attached hydrogens (tertiary/aromatic N) is 4. The van der Waals surface area contributed by atoms with Gasteiger partial charge in [-0.05, 0) is 24.6 Å². The molecule has 0 saturated carbocycles. The van der Waals surface area contributed by atoms with Crippen LogP contribution in [-0.2, 0) is 6.54 Å². The highest BCUT2D eigenvalue weighted by molar-refractivity contribution is 5.92. The number of amides is 1. The molecule has 1 N–H and O–H groups in total. The number of hydrogen-bond donors (Lipinski definition) is 1. The van der Waals surface area contributed by atoms with Crippen LogP contribution in [0, 0.1) is 0 Å². The van der Waals surface area contributed by atoms with E-state index in [2.05, 4.69) is 10.00 Å². The molecule has 1 saturated heterocycles. The fraction of sp³-hybridized carbons (Fsp3) is 0.421. The monoisotopic (exact) mass is 356 g/mol. The van der Waals surface area contributed by atoms with E-state index in [9.17, 15) is 14.7 Å². The maximum Gasteiger partial charge on any atom is 0.274 e. The van der Waals surface area contributed by atoms with Crippen LogP contribution in [0.1, 0.15) is 30.3 Å². The number of aromatic hydroxyl groups is 1. The van der Waals surface area contributed by atoms with Crippen LogP contribution in [0.2, 0.25) is 0 Å². The molecular formula is C19H24N4O3. The van der Waals surface area contributed by atoms with Crippen LogP contribution in [-0.4, -0.2) is 51.9 Å². The number of unbranched alkanes of at least 4 members (excludes halogenated alkanes) is 1. The van der Waals surface area contributed by atoms with Crippen LogP contribution in [0.3, 0.4) is 0 Å². The molecular weight excluding hydrogens is 332 g/mol. The van der Waals surface area contributed by atoms with Gasteiger partial charge in [-0.15, -0.1) is 0 Å². The van der Waals surface area contributed by atoms with E-state index in [1.54, 1.807) is 17.0 Å². The molecule has 1 aliphatic heterocycles. The molecule has 1 amide bonds. The molecule has 0 atom stereocenters. The van der Waals surface area contributed by atoms with E-state index in [1.165, 1.54) is 16.8 Å². The van der Waals surface area contributed by atoms with Gasteiger partial charge in [0.15, 0.2) is 0 Å². The van der Waals surface area contributed by atoms with E-state index < -0.39 is 0 Å². The number of piperazine rings is 1. The lowest BCUT2D eigenvalue weighted by Gasteiger charge is -2.36. The molecule has 7 heteroatoms. The van der Waals surface area contributed by atoms with Gasteiger partial charge in [0, 0.05) is 38.8 Å². The Morgan fingerprint density at radius 2 is 1.85 bits per heavy atom. The Kier molecular flexibility index (Phi) is 5.55. The number of aryl methyl sites for hydroxylation is 1. The van der Waals surface area contributed by atoms with E-state index >= 15 is 0 Å². The van der Waals surface area contributed by atoms with Gasteiger partial charge in [0.2, 0.25) is 0 Å². The molecule has 0 aliphatic carbocycles. The summed E-state index contributed by atoms with van der Waals surface area (Å²) in [5.41, 5.74) is 0.905. The molecule has 2 aromatic rings. The number of hydrogen-bond acceptors (Lipinski definition) is 5. The molecule has 0 radical (unpaired) electrons. The maximum atomic E-state index is 12.7. The summed E-state index contributed by atoms with van der Waals surface area (Å²) in [5, 5.41) is 14.2. The Balaban J connectivity index is 1.67. The van der Waals surface area contributed by atoms with Gasteiger partial charge in [0.05, 0.1) is 5.69 Å². The van der Waals surface area contributed by atoms with E-state index in [0.29, 0.717) is 38.4 Å². The minimum Gasteiger partial charge on any atom is -0.506 e. The molecule has 26 heavy (non-hydrogen) atoms. The number of phenolic OH excluding ortho intramolecular Hbond substituents is 1. The summed E-state index contributed by atoms with van der Waals surface area (Å²) in [5.74, 6) is 0.0872. The molecule has 1 aliphatic rings. The van der Waals surface area contributed by atoms with Gasteiger partial charge in [0.1, 0.15) is 11.4 Å². The van der Waals surface area contributed by atoms with Crippen molar-refractivity contribution in [3.05, 3.63) is 52.4 Å². The first-order valence-corrected chi connectivity index (χ1v) is 9.00. The lowest BCUT2D eigenvalue weighted by Crippen LogP contribution is -2.49. The third-order valence-corrected chi connectivity index (χ3v) is 4.60. The SMILES string of the molecule is CCCCn1nc(C(=O)N2CCN(c3ccccc3O)CC2)ccc1=O. The zero-order valence-electron chi connectivity index (χ0n) is 15.0. The lowest BCUT2D eigenvalue weighted by molar-refractivity contribution is 0.0737. The molecule has 1 aromatic heterocycles. The van der Waals surface area contributed by atoms with Gasteiger partial charge in [-0.25, -0.2) is 4.68 Å². The molecule has 1 fully saturated rings. The minimum atomic E-state index is -0.181. The summed E-state index contributed by atoms with van der Waals surface area (Å²) in [6, 6.07) is 10.1. The van der Waals surface area contributed by atoms with Crippen LogP contribution >= 0.6 is 0 Å². The van der Waals surface area contributed by atoms with Crippen LogP contribution in [0.5, 0.6) is 5.75 Å². The topological polar surface area (TPSA) is 78.7 Å². The highest BCUT2D eigenvalue weighted by Gasteiger charge is 2.24. The van der Waals surface area contributed by atoms with E-state index in [1.807, 2.05) is 19.1 Å². The van der Waals surface area contributed by atoms with Crippen molar-refractivity contribution >= 4 is 11.6 Å². The van der Waals surface area contributed by atoms with Crippen molar-refractivity contribution in [3.8, 4) is 5.75 Å². The molecule has 3 rings (SSSR count). The first-order chi connectivity index (χ1) is 12.6. The molecule has 0 bridgehead atoms. The third-order valence-electron chi connectivity index (χ3n) is 4.60. The standard InChI is InChI=1S/C19H24N4O3/c1-2-3-10-23-18(25)9-8-15(20-23)19(26)22-13-11-21(12-14-22)16-6-4-5-7-17(16)24/h4-9,24H,2-3,10-14H2,1H3. The van der Waals surface area contributed by atoms with Gasteiger partial charge in [0.25, 0.3) is 11.5 Å².